The topological polar surface area (TPSA) is 43.1 Å². The van der Waals surface area contributed by atoms with Gasteiger partial charge in [-0.25, -0.2) is 0 Å². The summed E-state index contributed by atoms with van der Waals surface area (Å²) in [5, 5.41) is 0. The lowest BCUT2D eigenvalue weighted by molar-refractivity contribution is -0.116. The van der Waals surface area contributed by atoms with Crippen LogP contribution in [0.1, 0.15) is 5.56 Å². The van der Waals surface area contributed by atoms with Gasteiger partial charge in [-0.15, -0.1) is 11.6 Å². The fourth-order valence-corrected chi connectivity index (χ4v) is 1.64. The number of nitrogens with two attached hydrogens (primary N) is 1. The Balaban J connectivity index is 2.89. The van der Waals surface area contributed by atoms with Crippen molar-refractivity contribution < 1.29 is 4.79 Å². The van der Waals surface area contributed by atoms with Crippen LogP contribution >= 0.6 is 34.2 Å². The monoisotopic (exact) mass is 309 g/mol. The maximum absolute atomic E-state index is 11.1. The zero-order valence-corrected chi connectivity index (χ0v) is 9.80. The quantitative estimate of drug-likeness (QED) is 0.528. The van der Waals surface area contributed by atoms with Crippen molar-refractivity contribution in [3.05, 3.63) is 27.3 Å². The van der Waals surface area contributed by atoms with Crippen LogP contribution in [-0.2, 0) is 11.2 Å². The lowest BCUT2D eigenvalue weighted by Crippen LogP contribution is -2.06. The largest absolute Gasteiger partial charge is 0.398 e. The molecule has 0 atom stereocenters. The summed E-state index contributed by atoms with van der Waals surface area (Å²) >= 11 is 7.55. The van der Waals surface area contributed by atoms with Crippen molar-refractivity contribution in [3.8, 4) is 0 Å². The van der Waals surface area contributed by atoms with E-state index in [1.807, 2.05) is 18.2 Å². The number of hydrogen-bond acceptors (Lipinski definition) is 2. The summed E-state index contributed by atoms with van der Waals surface area (Å²) in [6, 6.07) is 5.55. The second-order valence-electron chi connectivity index (χ2n) is 2.67. The van der Waals surface area contributed by atoms with Crippen molar-refractivity contribution in [2.45, 2.75) is 6.42 Å². The summed E-state index contributed by atoms with van der Waals surface area (Å²) in [4.78, 5) is 11.1. The number of hydrogen-bond donors (Lipinski definition) is 1. The summed E-state index contributed by atoms with van der Waals surface area (Å²) in [5.74, 6) is 0.0791. The summed E-state index contributed by atoms with van der Waals surface area (Å²) in [6.45, 7) is 0. The van der Waals surface area contributed by atoms with E-state index in [4.69, 9.17) is 17.3 Å². The molecule has 0 aromatic heterocycles. The van der Waals surface area contributed by atoms with Crippen molar-refractivity contribution in [2.75, 3.05) is 11.6 Å². The Morgan fingerprint density at radius 2 is 2.23 bits per heavy atom. The van der Waals surface area contributed by atoms with Gasteiger partial charge in [0.1, 0.15) is 0 Å². The summed E-state index contributed by atoms with van der Waals surface area (Å²) in [7, 11) is 0. The van der Waals surface area contributed by atoms with Crippen molar-refractivity contribution >= 4 is 45.7 Å². The number of halogens is 2. The van der Waals surface area contributed by atoms with Crippen molar-refractivity contribution in [1.29, 1.82) is 0 Å². The molecule has 0 radical (unpaired) electrons. The highest BCUT2D eigenvalue weighted by Gasteiger charge is 2.06. The molecule has 4 heteroatoms. The summed E-state index contributed by atoms with van der Waals surface area (Å²) in [5.41, 5.74) is 7.35. The first-order valence-corrected chi connectivity index (χ1v) is 5.37. The van der Waals surface area contributed by atoms with E-state index in [0.717, 1.165) is 9.13 Å². The number of benzene rings is 1. The number of ketones is 1. The lowest BCUT2D eigenvalue weighted by atomic mass is 10.1. The van der Waals surface area contributed by atoms with Gasteiger partial charge in [0.2, 0.25) is 0 Å². The number of alkyl halides is 1. The molecule has 0 fully saturated rings. The average Bonchev–Trinajstić information content (AvgIpc) is 2.13. The first kappa shape index (κ1) is 10.8. The van der Waals surface area contributed by atoms with Gasteiger partial charge in [-0.1, -0.05) is 12.1 Å². The van der Waals surface area contributed by atoms with Crippen LogP contribution in [0.3, 0.4) is 0 Å². The van der Waals surface area contributed by atoms with E-state index in [-0.39, 0.29) is 11.7 Å². The minimum absolute atomic E-state index is 0.0187. The molecule has 0 unspecified atom stereocenters. The Kier molecular flexibility index (Phi) is 3.99. The van der Waals surface area contributed by atoms with E-state index in [1.165, 1.54) is 0 Å². The fraction of sp³-hybridized carbons (Fsp3) is 0.222. The zero-order chi connectivity index (χ0) is 9.84. The summed E-state index contributed by atoms with van der Waals surface area (Å²) in [6.07, 6.45) is 0.368. The predicted octanol–water partition coefficient (Wildman–Crippen LogP) is 2.22. The minimum atomic E-state index is 0.0187. The molecule has 0 amide bonds. The number of anilines is 1. The van der Waals surface area contributed by atoms with Crippen molar-refractivity contribution in [1.82, 2.24) is 0 Å². The van der Waals surface area contributed by atoms with Crippen molar-refractivity contribution in [2.24, 2.45) is 0 Å². The standard InChI is InChI=1S/C9H9ClINO/c10-5-7(13)4-6-2-1-3-8(12)9(6)11/h1-3H,4-5,12H2. The lowest BCUT2D eigenvalue weighted by Gasteiger charge is -2.04. The summed E-state index contributed by atoms with van der Waals surface area (Å²) < 4.78 is 0.943. The van der Waals surface area contributed by atoms with Gasteiger partial charge in [0.15, 0.2) is 5.78 Å². The van der Waals surface area contributed by atoms with E-state index in [9.17, 15) is 4.79 Å². The highest BCUT2D eigenvalue weighted by Crippen LogP contribution is 2.19. The molecule has 1 rings (SSSR count). The molecule has 0 aliphatic rings. The van der Waals surface area contributed by atoms with Crippen LogP contribution in [-0.4, -0.2) is 11.7 Å². The Hall–Kier alpha value is -0.290. The smallest absolute Gasteiger partial charge is 0.151 e. The van der Waals surface area contributed by atoms with E-state index < -0.39 is 0 Å². The molecule has 0 saturated carbocycles. The van der Waals surface area contributed by atoms with Crippen molar-refractivity contribution in [3.63, 3.8) is 0 Å². The molecular weight excluding hydrogens is 300 g/mol. The Morgan fingerprint density at radius 3 is 2.85 bits per heavy atom. The Labute approximate surface area is 95.6 Å². The van der Waals surface area contributed by atoms with Crippen LogP contribution in [0.5, 0.6) is 0 Å². The minimum Gasteiger partial charge on any atom is -0.398 e. The Bertz CT molecular complexity index is 327. The maximum Gasteiger partial charge on any atom is 0.151 e. The van der Waals surface area contributed by atoms with E-state index in [1.54, 1.807) is 0 Å². The van der Waals surface area contributed by atoms with Crippen LogP contribution < -0.4 is 5.73 Å². The predicted molar refractivity (Wildman–Crippen MR) is 63.0 cm³/mol. The molecule has 0 heterocycles. The number of rotatable bonds is 3. The van der Waals surface area contributed by atoms with Crippen LogP contribution in [0.25, 0.3) is 0 Å². The average molecular weight is 310 g/mol. The second kappa shape index (κ2) is 4.81. The highest BCUT2D eigenvalue weighted by molar-refractivity contribution is 14.1. The first-order valence-electron chi connectivity index (χ1n) is 3.75. The van der Waals surface area contributed by atoms with Gasteiger partial charge in [0.05, 0.1) is 5.88 Å². The molecule has 0 bridgehead atoms. The SMILES string of the molecule is Nc1cccc(CC(=O)CCl)c1I. The third-order valence-electron chi connectivity index (χ3n) is 1.65. The number of carbonyl (C=O) groups excluding carboxylic acids is 1. The molecule has 0 spiro atoms. The van der Waals surface area contributed by atoms with Gasteiger partial charge < -0.3 is 5.73 Å². The molecule has 0 aliphatic heterocycles. The molecule has 70 valence electrons. The van der Waals surface area contributed by atoms with Gasteiger partial charge in [-0.05, 0) is 34.2 Å². The number of nitrogen functional groups attached to an aromatic ring is 1. The van der Waals surface area contributed by atoms with Gasteiger partial charge in [0, 0.05) is 15.7 Å². The molecular formula is C9H9ClINO. The fourth-order valence-electron chi connectivity index (χ4n) is 0.996. The van der Waals surface area contributed by atoms with E-state index in [2.05, 4.69) is 22.6 Å². The normalized spacial score (nSPS) is 10.0. The second-order valence-corrected chi connectivity index (χ2v) is 4.02. The molecule has 13 heavy (non-hydrogen) atoms. The molecule has 2 N–H and O–H groups in total. The Morgan fingerprint density at radius 1 is 1.54 bits per heavy atom. The molecule has 1 aromatic carbocycles. The zero-order valence-electron chi connectivity index (χ0n) is 6.89. The first-order chi connectivity index (χ1) is 6.15. The molecule has 0 aliphatic carbocycles. The number of carbonyl (C=O) groups is 1. The molecule has 0 saturated heterocycles. The maximum atomic E-state index is 11.1. The van der Waals surface area contributed by atoms with E-state index >= 15 is 0 Å². The molecule has 1 aromatic rings. The third kappa shape index (κ3) is 2.84. The number of Topliss-reactive ketones (excluding diaryl/α,β-unsaturated/α-hetero) is 1. The van der Waals surface area contributed by atoms with Crippen LogP contribution in [0, 0.1) is 3.57 Å². The van der Waals surface area contributed by atoms with Crippen LogP contribution in [0.2, 0.25) is 0 Å². The van der Waals surface area contributed by atoms with Gasteiger partial charge in [0.25, 0.3) is 0 Å². The highest BCUT2D eigenvalue weighted by atomic mass is 127. The van der Waals surface area contributed by atoms with Crippen LogP contribution in [0.4, 0.5) is 5.69 Å². The molecule has 2 nitrogen and oxygen atoms in total. The van der Waals surface area contributed by atoms with Gasteiger partial charge >= 0.3 is 0 Å². The third-order valence-corrected chi connectivity index (χ3v) is 3.26. The van der Waals surface area contributed by atoms with E-state index in [0.29, 0.717) is 12.1 Å². The van der Waals surface area contributed by atoms with Crippen LogP contribution in [0.15, 0.2) is 18.2 Å². The van der Waals surface area contributed by atoms with Gasteiger partial charge in [-0.2, -0.15) is 0 Å². The van der Waals surface area contributed by atoms with Gasteiger partial charge in [-0.3, -0.25) is 4.79 Å².